The van der Waals surface area contributed by atoms with E-state index in [-0.39, 0.29) is 11.6 Å². The van der Waals surface area contributed by atoms with Crippen LogP contribution in [0.3, 0.4) is 0 Å². The van der Waals surface area contributed by atoms with Gasteiger partial charge in [-0.05, 0) is 42.2 Å². The number of fused-ring (bicyclic) bond motifs is 1. The molecule has 3 aromatic rings. The molecule has 0 atom stereocenters. The molecule has 0 radical (unpaired) electrons. The summed E-state index contributed by atoms with van der Waals surface area (Å²) >= 11 is 0. The van der Waals surface area contributed by atoms with Crippen molar-refractivity contribution in [1.29, 1.82) is 0 Å². The van der Waals surface area contributed by atoms with Gasteiger partial charge in [-0.1, -0.05) is 42.5 Å². The van der Waals surface area contributed by atoms with Gasteiger partial charge in [-0.15, -0.1) is 0 Å². The van der Waals surface area contributed by atoms with E-state index < -0.39 is 4.92 Å². The Balaban J connectivity index is 1.54. The molecule has 1 amide bonds. The van der Waals surface area contributed by atoms with Crippen LogP contribution in [0.15, 0.2) is 72.8 Å². The Kier molecular flexibility index (Phi) is 5.17. The van der Waals surface area contributed by atoms with Gasteiger partial charge in [-0.3, -0.25) is 14.9 Å². The first-order chi connectivity index (χ1) is 15.6. The second-order valence-corrected chi connectivity index (χ2v) is 8.03. The minimum Gasteiger partial charge on any atom is -0.354 e. The molecule has 0 aromatic heterocycles. The van der Waals surface area contributed by atoms with Crippen molar-refractivity contribution in [2.24, 2.45) is 0 Å². The van der Waals surface area contributed by atoms with Gasteiger partial charge in [0.1, 0.15) is 0 Å². The maximum Gasteiger partial charge on any atom is 0.270 e. The number of carbonyl (C=O) groups is 1. The molecule has 3 N–H and O–H groups in total. The molecule has 0 spiro atoms. The van der Waals surface area contributed by atoms with Gasteiger partial charge in [0.05, 0.1) is 16.2 Å². The minimum atomic E-state index is -0.454. The molecule has 1 fully saturated rings. The van der Waals surface area contributed by atoms with E-state index in [1.807, 2.05) is 42.5 Å². The molecule has 2 aliphatic rings. The third kappa shape index (κ3) is 4.10. The molecule has 7 nitrogen and oxygen atoms in total. The predicted molar refractivity (Wildman–Crippen MR) is 125 cm³/mol. The SMILES string of the molecule is O=C1Nc2ccc([N+](=O)[O-])cc2/C1=C(/Nc1ccc(CNC2CC2)cc1)c1ccccc1. The number of nitrogens with zero attached hydrogens (tertiary/aromatic N) is 1. The summed E-state index contributed by atoms with van der Waals surface area (Å²) in [7, 11) is 0. The van der Waals surface area contributed by atoms with Crippen molar-refractivity contribution >= 4 is 34.2 Å². The van der Waals surface area contributed by atoms with Crippen LogP contribution in [-0.4, -0.2) is 16.9 Å². The summed E-state index contributed by atoms with van der Waals surface area (Å²) in [6.07, 6.45) is 2.49. The van der Waals surface area contributed by atoms with Gasteiger partial charge in [-0.25, -0.2) is 0 Å². The van der Waals surface area contributed by atoms with E-state index in [9.17, 15) is 14.9 Å². The second kappa shape index (κ2) is 8.28. The lowest BCUT2D eigenvalue weighted by atomic mass is 9.99. The first-order valence-electron chi connectivity index (χ1n) is 10.6. The molecule has 5 rings (SSSR count). The number of anilines is 2. The van der Waals surface area contributed by atoms with Crippen LogP contribution >= 0.6 is 0 Å². The molecule has 1 aliphatic heterocycles. The number of benzene rings is 3. The Morgan fingerprint density at radius 2 is 1.78 bits per heavy atom. The quantitative estimate of drug-likeness (QED) is 0.287. The van der Waals surface area contributed by atoms with Gasteiger partial charge in [0.2, 0.25) is 0 Å². The van der Waals surface area contributed by atoms with E-state index in [1.165, 1.54) is 30.5 Å². The van der Waals surface area contributed by atoms with Crippen molar-refractivity contribution in [3.05, 3.63) is 99.6 Å². The molecule has 7 heteroatoms. The summed E-state index contributed by atoms with van der Waals surface area (Å²) in [6, 6.07) is 22.6. The highest BCUT2D eigenvalue weighted by molar-refractivity contribution is 6.37. The summed E-state index contributed by atoms with van der Waals surface area (Å²) in [5.74, 6) is -0.294. The van der Waals surface area contributed by atoms with Crippen molar-refractivity contribution in [2.75, 3.05) is 10.6 Å². The molecule has 160 valence electrons. The fourth-order valence-electron chi connectivity index (χ4n) is 3.80. The highest BCUT2D eigenvalue weighted by Crippen LogP contribution is 2.39. The van der Waals surface area contributed by atoms with E-state index >= 15 is 0 Å². The van der Waals surface area contributed by atoms with Gasteiger partial charge < -0.3 is 16.0 Å². The zero-order valence-electron chi connectivity index (χ0n) is 17.3. The summed E-state index contributed by atoms with van der Waals surface area (Å²) in [4.78, 5) is 23.8. The van der Waals surface area contributed by atoms with E-state index in [1.54, 1.807) is 6.07 Å². The fourth-order valence-corrected chi connectivity index (χ4v) is 3.80. The first kappa shape index (κ1) is 20.0. The van der Waals surface area contributed by atoms with E-state index in [2.05, 4.69) is 28.1 Å². The van der Waals surface area contributed by atoms with Crippen LogP contribution in [0.25, 0.3) is 11.3 Å². The zero-order valence-corrected chi connectivity index (χ0v) is 17.3. The lowest BCUT2D eigenvalue weighted by Gasteiger charge is -2.15. The van der Waals surface area contributed by atoms with Gasteiger partial charge >= 0.3 is 0 Å². The second-order valence-electron chi connectivity index (χ2n) is 8.03. The molecule has 0 saturated heterocycles. The molecule has 1 heterocycles. The number of rotatable bonds is 7. The Labute approximate surface area is 185 Å². The van der Waals surface area contributed by atoms with Gasteiger partial charge in [0, 0.05) is 41.7 Å². The topological polar surface area (TPSA) is 96.3 Å². The van der Waals surface area contributed by atoms with Gasteiger partial charge in [-0.2, -0.15) is 0 Å². The highest BCUT2D eigenvalue weighted by Gasteiger charge is 2.30. The summed E-state index contributed by atoms with van der Waals surface area (Å²) in [5.41, 5.74) is 4.84. The van der Waals surface area contributed by atoms with E-state index in [4.69, 9.17) is 0 Å². The molecular formula is C25H22N4O3. The average molecular weight is 426 g/mol. The smallest absolute Gasteiger partial charge is 0.270 e. The highest BCUT2D eigenvalue weighted by atomic mass is 16.6. The maximum absolute atomic E-state index is 12.9. The Morgan fingerprint density at radius 3 is 2.47 bits per heavy atom. The van der Waals surface area contributed by atoms with Crippen LogP contribution in [0.4, 0.5) is 17.1 Å². The third-order valence-corrected chi connectivity index (χ3v) is 5.67. The van der Waals surface area contributed by atoms with Crippen molar-refractivity contribution < 1.29 is 9.72 Å². The van der Waals surface area contributed by atoms with Crippen molar-refractivity contribution in [3.8, 4) is 0 Å². The van der Waals surface area contributed by atoms with Crippen LogP contribution in [0, 0.1) is 10.1 Å². The van der Waals surface area contributed by atoms with Gasteiger partial charge in [0.15, 0.2) is 0 Å². The van der Waals surface area contributed by atoms with Crippen molar-refractivity contribution in [1.82, 2.24) is 5.32 Å². The van der Waals surface area contributed by atoms with Crippen molar-refractivity contribution in [2.45, 2.75) is 25.4 Å². The molecule has 3 aromatic carbocycles. The van der Waals surface area contributed by atoms with E-state index in [0.29, 0.717) is 28.6 Å². The number of amides is 1. The monoisotopic (exact) mass is 426 g/mol. The third-order valence-electron chi connectivity index (χ3n) is 5.67. The van der Waals surface area contributed by atoms with Crippen LogP contribution in [-0.2, 0) is 11.3 Å². The number of non-ortho nitro benzene ring substituents is 1. The fraction of sp³-hybridized carbons (Fsp3) is 0.160. The summed E-state index contributed by atoms with van der Waals surface area (Å²) < 4.78 is 0. The normalized spacial score (nSPS) is 16.3. The minimum absolute atomic E-state index is 0.0577. The van der Waals surface area contributed by atoms with E-state index in [0.717, 1.165) is 17.8 Å². The molecule has 0 unspecified atom stereocenters. The molecule has 1 aliphatic carbocycles. The number of nitrogens with one attached hydrogen (secondary N) is 3. The molecule has 32 heavy (non-hydrogen) atoms. The number of hydrogen-bond acceptors (Lipinski definition) is 5. The summed E-state index contributed by atoms with van der Waals surface area (Å²) in [6.45, 7) is 0.830. The first-order valence-corrected chi connectivity index (χ1v) is 10.6. The number of nitro groups is 1. The molecular weight excluding hydrogens is 404 g/mol. The molecule has 0 bridgehead atoms. The zero-order chi connectivity index (χ0) is 22.1. The van der Waals surface area contributed by atoms with Crippen LogP contribution in [0.5, 0.6) is 0 Å². The Morgan fingerprint density at radius 1 is 1.03 bits per heavy atom. The van der Waals surface area contributed by atoms with Crippen molar-refractivity contribution in [3.63, 3.8) is 0 Å². The maximum atomic E-state index is 12.9. The lowest BCUT2D eigenvalue weighted by molar-refractivity contribution is -0.384. The predicted octanol–water partition coefficient (Wildman–Crippen LogP) is 4.78. The average Bonchev–Trinajstić information content (AvgIpc) is 3.58. The lowest BCUT2D eigenvalue weighted by Crippen LogP contribution is -2.15. The Bertz CT molecular complexity index is 1220. The van der Waals surface area contributed by atoms with Gasteiger partial charge in [0.25, 0.3) is 11.6 Å². The van der Waals surface area contributed by atoms with Crippen LogP contribution in [0.1, 0.15) is 29.5 Å². The standard InChI is InChI=1S/C25H22N4O3/c30-25-23(21-14-20(29(31)32)12-13-22(21)28-25)24(17-4-2-1-3-5-17)27-19-8-6-16(7-9-19)15-26-18-10-11-18/h1-9,12-14,18,26-27H,10-11,15H2,(H,28,30)/b24-23-. The number of hydrogen-bond donors (Lipinski definition) is 3. The largest absolute Gasteiger partial charge is 0.354 e. The summed E-state index contributed by atoms with van der Waals surface area (Å²) in [5, 5.41) is 21.0. The Hall–Kier alpha value is -3.97. The number of carbonyl (C=O) groups excluding carboxylic acids is 1. The molecule has 1 saturated carbocycles. The van der Waals surface area contributed by atoms with Crippen LogP contribution < -0.4 is 16.0 Å². The van der Waals surface area contributed by atoms with Crippen LogP contribution in [0.2, 0.25) is 0 Å². The number of nitro benzene ring substituents is 1.